The fourth-order valence-electron chi connectivity index (χ4n) is 11.3. The van der Waals surface area contributed by atoms with Gasteiger partial charge >= 0.3 is 0 Å². The zero-order chi connectivity index (χ0) is 59.5. The number of carbonyl (C=O) groups is 1. The number of allylic oxidation sites excluding steroid dienone is 5. The van der Waals surface area contributed by atoms with Crippen LogP contribution in [0.5, 0.6) is 0 Å². The van der Waals surface area contributed by atoms with Gasteiger partial charge in [-0.2, -0.15) is 0 Å². The molecule has 0 radical (unpaired) electrons. The number of unbranched alkanes of at least 4 members (excludes halogenated alkanes) is 39. The zero-order valence-electron chi connectivity index (χ0n) is 52.2. The van der Waals surface area contributed by atoms with E-state index in [2.05, 4.69) is 43.5 Å². The molecule has 482 valence electrons. The molecule has 14 nitrogen and oxygen atoms in total. The third-order valence-electron chi connectivity index (χ3n) is 16.8. The molecule has 12 unspecified atom stereocenters. The van der Waals surface area contributed by atoms with Crippen LogP contribution < -0.4 is 5.32 Å². The number of hydrogen-bond donors (Lipinski definition) is 9. The first-order valence-corrected chi connectivity index (χ1v) is 34.2. The second-order valence-electron chi connectivity index (χ2n) is 24.3. The first-order chi connectivity index (χ1) is 40.1. The van der Waals surface area contributed by atoms with E-state index in [0.717, 1.165) is 44.9 Å². The van der Waals surface area contributed by atoms with Crippen LogP contribution in [0.2, 0.25) is 0 Å². The predicted molar refractivity (Wildman–Crippen MR) is 332 cm³/mol. The predicted octanol–water partition coefficient (Wildman–Crippen LogP) is 13.3. The summed E-state index contributed by atoms with van der Waals surface area (Å²) < 4.78 is 22.9. The van der Waals surface area contributed by atoms with Gasteiger partial charge in [0.1, 0.15) is 48.8 Å². The largest absolute Gasteiger partial charge is 0.394 e. The Morgan fingerprint density at radius 1 is 0.439 bits per heavy atom. The van der Waals surface area contributed by atoms with E-state index < -0.39 is 86.8 Å². The average molecular weight is 1170 g/mol. The Morgan fingerprint density at radius 2 is 0.805 bits per heavy atom. The lowest BCUT2D eigenvalue weighted by atomic mass is 9.97. The molecule has 0 saturated carbocycles. The van der Waals surface area contributed by atoms with Crippen molar-refractivity contribution in [3.8, 4) is 0 Å². The van der Waals surface area contributed by atoms with E-state index >= 15 is 0 Å². The average Bonchev–Trinajstić information content (AvgIpc) is 3.53. The van der Waals surface area contributed by atoms with E-state index in [1.807, 2.05) is 6.08 Å². The molecule has 0 spiro atoms. The molecule has 0 aromatic carbocycles. The third-order valence-corrected chi connectivity index (χ3v) is 16.8. The van der Waals surface area contributed by atoms with Crippen molar-refractivity contribution >= 4 is 5.91 Å². The number of aliphatic hydroxyl groups excluding tert-OH is 8. The molecule has 1 amide bonds. The second-order valence-corrected chi connectivity index (χ2v) is 24.3. The molecular weight excluding hydrogens is 1040 g/mol. The molecule has 2 aliphatic rings. The molecule has 0 aliphatic carbocycles. The summed E-state index contributed by atoms with van der Waals surface area (Å²) in [5.41, 5.74) is 0. The monoisotopic (exact) mass is 1170 g/mol. The molecule has 2 rings (SSSR count). The van der Waals surface area contributed by atoms with Crippen LogP contribution in [0.4, 0.5) is 0 Å². The Bertz CT molecular complexity index is 1510. The van der Waals surface area contributed by atoms with E-state index in [0.29, 0.717) is 6.42 Å². The lowest BCUT2D eigenvalue weighted by Crippen LogP contribution is -2.65. The van der Waals surface area contributed by atoms with Gasteiger partial charge in [-0.1, -0.05) is 275 Å². The van der Waals surface area contributed by atoms with Crippen molar-refractivity contribution < 1.29 is 64.6 Å². The number of rotatable bonds is 56. The quantitative estimate of drug-likeness (QED) is 0.0204. The van der Waals surface area contributed by atoms with Gasteiger partial charge in [-0.3, -0.25) is 4.79 Å². The number of ether oxygens (including phenoxy) is 4. The highest BCUT2D eigenvalue weighted by molar-refractivity contribution is 5.76. The molecular formula is C68H127NO13. The van der Waals surface area contributed by atoms with Crippen LogP contribution in [0.25, 0.3) is 0 Å². The van der Waals surface area contributed by atoms with Gasteiger partial charge in [0.15, 0.2) is 12.6 Å². The lowest BCUT2D eigenvalue weighted by molar-refractivity contribution is -0.359. The summed E-state index contributed by atoms with van der Waals surface area (Å²) in [5, 5.41) is 87.4. The van der Waals surface area contributed by atoms with Gasteiger partial charge in [-0.15, -0.1) is 0 Å². The van der Waals surface area contributed by atoms with Crippen molar-refractivity contribution in [2.75, 3.05) is 19.8 Å². The molecule has 12 atom stereocenters. The van der Waals surface area contributed by atoms with Crippen molar-refractivity contribution in [1.82, 2.24) is 5.32 Å². The molecule has 2 heterocycles. The van der Waals surface area contributed by atoms with E-state index in [9.17, 15) is 45.6 Å². The zero-order valence-corrected chi connectivity index (χ0v) is 52.2. The summed E-state index contributed by atoms with van der Waals surface area (Å²) in [7, 11) is 0. The van der Waals surface area contributed by atoms with Gasteiger partial charge in [0.05, 0.1) is 32.0 Å². The highest BCUT2D eigenvalue weighted by atomic mass is 16.7. The van der Waals surface area contributed by atoms with E-state index in [1.165, 1.54) is 225 Å². The smallest absolute Gasteiger partial charge is 0.220 e. The van der Waals surface area contributed by atoms with Gasteiger partial charge in [0, 0.05) is 6.42 Å². The molecule has 14 heteroatoms. The number of hydrogen-bond acceptors (Lipinski definition) is 13. The molecule has 0 aromatic rings. The third kappa shape index (κ3) is 37.7. The highest BCUT2D eigenvalue weighted by Crippen LogP contribution is 2.30. The minimum atomic E-state index is -1.79. The van der Waals surface area contributed by atoms with Gasteiger partial charge in [-0.25, -0.2) is 0 Å². The van der Waals surface area contributed by atoms with Crippen molar-refractivity contribution in [2.24, 2.45) is 0 Å². The fourth-order valence-corrected chi connectivity index (χ4v) is 11.3. The van der Waals surface area contributed by atoms with Gasteiger partial charge < -0.3 is 65.1 Å². The molecule has 2 fully saturated rings. The van der Waals surface area contributed by atoms with Crippen LogP contribution in [-0.4, -0.2) is 140 Å². The molecule has 2 aliphatic heterocycles. The number of nitrogens with one attached hydrogen (secondary N) is 1. The maximum Gasteiger partial charge on any atom is 0.220 e. The summed E-state index contributed by atoms with van der Waals surface area (Å²) in [5.74, 6) is -0.238. The van der Waals surface area contributed by atoms with Crippen molar-refractivity contribution in [3.05, 3.63) is 36.5 Å². The van der Waals surface area contributed by atoms with Crippen LogP contribution in [0.1, 0.15) is 296 Å². The Labute approximate surface area is 500 Å². The Hall–Kier alpha value is -1.79. The van der Waals surface area contributed by atoms with Gasteiger partial charge in [0.2, 0.25) is 5.91 Å². The Morgan fingerprint density at radius 3 is 1.22 bits per heavy atom. The van der Waals surface area contributed by atoms with Crippen LogP contribution in [0, 0.1) is 0 Å². The number of amides is 1. The minimum absolute atomic E-state index is 0.238. The maximum atomic E-state index is 13.3. The topological polar surface area (TPSA) is 228 Å². The normalized spacial score (nSPS) is 24.1. The van der Waals surface area contributed by atoms with Crippen molar-refractivity contribution in [2.45, 2.75) is 370 Å². The van der Waals surface area contributed by atoms with Gasteiger partial charge in [0.25, 0.3) is 0 Å². The van der Waals surface area contributed by atoms with Crippen LogP contribution in [0.3, 0.4) is 0 Å². The molecule has 0 aromatic heterocycles. The Kier molecular flexibility index (Phi) is 49.7. The maximum absolute atomic E-state index is 13.3. The Balaban J connectivity index is 1.71. The SMILES string of the molecule is CCCCCCC/C=C\C/C=C\CCCCCCCCCCCCCC(=O)NC(COC1OC(CO)C(OC2OC(CO)C(O)C(O)C2O)C(O)C1O)C(O)/C=C/CCCCCCCCCCCCCCCCCCCCCCCCC. The number of aliphatic hydroxyl groups is 8. The van der Waals surface area contributed by atoms with E-state index in [-0.39, 0.29) is 18.9 Å². The summed E-state index contributed by atoms with van der Waals surface area (Å²) in [6, 6.07) is -0.917. The number of carbonyl (C=O) groups excluding carboxylic acids is 1. The standard InChI is InChI=1S/C68H127NO13/c1-3-5-7-9-11-13-15-17-19-21-23-25-27-28-30-31-33-35-37-39-41-43-45-47-49-51-57(72)56(55-79-67-65(78)63(76)66(59(54-71)81-67)82-68-64(77)62(75)61(74)58(53-70)80-68)69-60(73)52-50-48-46-44-42-40-38-36-34-32-29-26-24-22-20-18-16-14-12-10-8-6-4-2/h16,18,22,24,49,51,56-59,61-68,70-72,74-78H,3-15,17,19-21,23,25-48,50,52-55H2,1-2H3,(H,69,73)/b18-16-,24-22-,51-49+. The van der Waals surface area contributed by atoms with E-state index in [1.54, 1.807) is 6.08 Å². The van der Waals surface area contributed by atoms with Crippen molar-refractivity contribution in [1.29, 1.82) is 0 Å². The van der Waals surface area contributed by atoms with Crippen LogP contribution in [0.15, 0.2) is 36.5 Å². The highest BCUT2D eigenvalue weighted by Gasteiger charge is 2.51. The summed E-state index contributed by atoms with van der Waals surface area (Å²) in [6.45, 7) is 2.83. The summed E-state index contributed by atoms with van der Waals surface area (Å²) in [6.07, 6.45) is 50.4. The molecule has 0 bridgehead atoms. The van der Waals surface area contributed by atoms with Crippen LogP contribution in [-0.2, 0) is 23.7 Å². The minimum Gasteiger partial charge on any atom is -0.394 e. The first kappa shape index (κ1) is 76.3. The summed E-state index contributed by atoms with van der Waals surface area (Å²) >= 11 is 0. The second kappa shape index (κ2) is 53.4. The molecule has 2 saturated heterocycles. The fraction of sp³-hybridized carbons (Fsp3) is 0.897. The van der Waals surface area contributed by atoms with E-state index in [4.69, 9.17) is 18.9 Å². The lowest BCUT2D eigenvalue weighted by Gasteiger charge is -2.46. The van der Waals surface area contributed by atoms with Crippen LogP contribution >= 0.6 is 0 Å². The van der Waals surface area contributed by atoms with Gasteiger partial charge in [-0.05, 0) is 51.4 Å². The summed E-state index contributed by atoms with van der Waals surface area (Å²) in [4.78, 5) is 13.3. The first-order valence-electron chi connectivity index (χ1n) is 34.2. The van der Waals surface area contributed by atoms with Crippen molar-refractivity contribution in [3.63, 3.8) is 0 Å². The molecule has 9 N–H and O–H groups in total. The molecule has 82 heavy (non-hydrogen) atoms.